The van der Waals surface area contributed by atoms with Gasteiger partial charge in [-0.3, -0.25) is 0 Å². The van der Waals surface area contributed by atoms with Crippen molar-refractivity contribution >= 4 is 23.6 Å². The number of hydrogen-bond acceptors (Lipinski definition) is 4. The Morgan fingerprint density at radius 3 is 2.33 bits per heavy atom. The quantitative estimate of drug-likeness (QED) is 0.486. The SMILES string of the molecule is COc1cc(N)c([C@H](Cl)C=O)cc1OC. The van der Waals surface area contributed by atoms with Gasteiger partial charge >= 0.3 is 0 Å². The largest absolute Gasteiger partial charge is 0.493 e. The number of rotatable bonds is 4. The van der Waals surface area contributed by atoms with Crippen LogP contribution >= 0.6 is 11.6 Å². The third-order valence-electron chi connectivity index (χ3n) is 2.01. The summed E-state index contributed by atoms with van der Waals surface area (Å²) in [5.41, 5.74) is 6.64. The number of aldehydes is 1. The lowest BCUT2D eigenvalue weighted by Crippen LogP contribution is -2.01. The number of anilines is 1. The molecule has 2 N–H and O–H groups in total. The molecule has 0 saturated carbocycles. The van der Waals surface area contributed by atoms with Crippen LogP contribution < -0.4 is 15.2 Å². The molecule has 0 aliphatic heterocycles. The molecular weight excluding hydrogens is 218 g/mol. The number of nitrogens with two attached hydrogens (primary N) is 1. The van der Waals surface area contributed by atoms with Crippen molar-refractivity contribution in [3.05, 3.63) is 17.7 Å². The smallest absolute Gasteiger partial charge is 0.162 e. The summed E-state index contributed by atoms with van der Waals surface area (Å²) in [7, 11) is 3.01. The van der Waals surface area contributed by atoms with Crippen LogP contribution in [0.25, 0.3) is 0 Å². The van der Waals surface area contributed by atoms with E-state index in [2.05, 4.69) is 0 Å². The van der Waals surface area contributed by atoms with Gasteiger partial charge in [-0.2, -0.15) is 0 Å². The molecule has 0 bridgehead atoms. The number of halogens is 1. The predicted octanol–water partition coefficient (Wildman–Crippen LogP) is 1.76. The van der Waals surface area contributed by atoms with Gasteiger partial charge in [-0.05, 0) is 6.07 Å². The van der Waals surface area contributed by atoms with E-state index in [-0.39, 0.29) is 0 Å². The zero-order valence-electron chi connectivity index (χ0n) is 8.49. The summed E-state index contributed by atoms with van der Waals surface area (Å²) in [4.78, 5) is 10.6. The Hall–Kier alpha value is -1.42. The molecule has 0 aromatic heterocycles. The van der Waals surface area contributed by atoms with E-state index < -0.39 is 5.38 Å². The van der Waals surface area contributed by atoms with E-state index in [9.17, 15) is 4.79 Å². The van der Waals surface area contributed by atoms with E-state index in [1.165, 1.54) is 14.2 Å². The maximum atomic E-state index is 10.6. The highest BCUT2D eigenvalue weighted by molar-refractivity contribution is 6.28. The Morgan fingerprint density at radius 1 is 1.33 bits per heavy atom. The fraction of sp³-hybridized carbons (Fsp3) is 0.300. The number of ether oxygens (including phenoxy) is 2. The molecule has 0 aliphatic carbocycles. The van der Waals surface area contributed by atoms with E-state index in [0.29, 0.717) is 29.0 Å². The number of carbonyl (C=O) groups is 1. The molecule has 0 aliphatic rings. The Morgan fingerprint density at radius 2 is 1.87 bits per heavy atom. The lowest BCUT2D eigenvalue weighted by atomic mass is 10.1. The van der Waals surface area contributed by atoms with Crippen LogP contribution in [-0.2, 0) is 4.79 Å². The molecule has 0 fully saturated rings. The molecule has 0 radical (unpaired) electrons. The summed E-state index contributed by atoms with van der Waals surface area (Å²) in [6, 6.07) is 3.17. The topological polar surface area (TPSA) is 61.5 Å². The number of nitrogen functional groups attached to an aromatic ring is 1. The highest BCUT2D eigenvalue weighted by atomic mass is 35.5. The van der Waals surface area contributed by atoms with Gasteiger partial charge in [0, 0.05) is 17.3 Å². The van der Waals surface area contributed by atoms with Crippen LogP contribution in [0.1, 0.15) is 10.9 Å². The van der Waals surface area contributed by atoms with Crippen molar-refractivity contribution in [3.63, 3.8) is 0 Å². The second-order valence-electron chi connectivity index (χ2n) is 2.87. The highest BCUT2D eigenvalue weighted by Crippen LogP contribution is 2.35. The van der Waals surface area contributed by atoms with Crippen molar-refractivity contribution < 1.29 is 14.3 Å². The van der Waals surface area contributed by atoms with Gasteiger partial charge in [0.1, 0.15) is 11.7 Å². The summed E-state index contributed by atoms with van der Waals surface area (Å²) in [5.74, 6) is 1.00. The van der Waals surface area contributed by atoms with Gasteiger partial charge in [-0.1, -0.05) is 0 Å². The summed E-state index contributed by atoms with van der Waals surface area (Å²) >= 11 is 5.78. The number of methoxy groups -OCH3 is 2. The lowest BCUT2D eigenvalue weighted by molar-refractivity contribution is -0.107. The van der Waals surface area contributed by atoms with Crippen LogP contribution in [0.3, 0.4) is 0 Å². The molecule has 0 spiro atoms. The number of carbonyl (C=O) groups excluding carboxylic acids is 1. The predicted molar refractivity (Wildman–Crippen MR) is 58.6 cm³/mol. The van der Waals surface area contributed by atoms with Crippen LogP contribution in [-0.4, -0.2) is 20.5 Å². The van der Waals surface area contributed by atoms with E-state index in [1.54, 1.807) is 12.1 Å². The van der Waals surface area contributed by atoms with Crippen LogP contribution in [0, 0.1) is 0 Å². The van der Waals surface area contributed by atoms with E-state index in [4.69, 9.17) is 26.8 Å². The standard InChI is InChI=1S/C10H12ClNO3/c1-14-9-3-6(7(11)5-13)8(12)4-10(9)15-2/h3-5,7H,12H2,1-2H3/t7-/m1/s1. The van der Waals surface area contributed by atoms with Crippen molar-refractivity contribution in [2.75, 3.05) is 20.0 Å². The van der Waals surface area contributed by atoms with Gasteiger partial charge in [-0.25, -0.2) is 0 Å². The van der Waals surface area contributed by atoms with Crippen LogP contribution in [0.5, 0.6) is 11.5 Å². The maximum absolute atomic E-state index is 10.6. The van der Waals surface area contributed by atoms with E-state index >= 15 is 0 Å². The van der Waals surface area contributed by atoms with Crippen molar-refractivity contribution in [1.29, 1.82) is 0 Å². The van der Waals surface area contributed by atoms with Crippen molar-refractivity contribution in [2.24, 2.45) is 0 Å². The molecule has 1 atom stereocenters. The molecule has 1 rings (SSSR count). The lowest BCUT2D eigenvalue weighted by Gasteiger charge is -2.12. The zero-order chi connectivity index (χ0) is 11.4. The zero-order valence-corrected chi connectivity index (χ0v) is 9.25. The molecule has 0 unspecified atom stereocenters. The highest BCUT2D eigenvalue weighted by Gasteiger charge is 2.14. The first-order valence-electron chi connectivity index (χ1n) is 4.24. The molecular formula is C10H12ClNO3. The van der Waals surface area contributed by atoms with Gasteiger partial charge in [0.2, 0.25) is 0 Å². The molecule has 1 aromatic rings. The van der Waals surface area contributed by atoms with Crippen molar-refractivity contribution in [3.8, 4) is 11.5 Å². The summed E-state index contributed by atoms with van der Waals surface area (Å²) in [6.07, 6.45) is 0.610. The molecule has 15 heavy (non-hydrogen) atoms. The van der Waals surface area contributed by atoms with Gasteiger partial charge in [0.05, 0.1) is 14.2 Å². The number of benzene rings is 1. The molecule has 5 heteroatoms. The third kappa shape index (κ3) is 2.33. The molecule has 82 valence electrons. The van der Waals surface area contributed by atoms with Crippen molar-refractivity contribution in [1.82, 2.24) is 0 Å². The average Bonchev–Trinajstić information content (AvgIpc) is 2.27. The average molecular weight is 230 g/mol. The summed E-state index contributed by atoms with van der Waals surface area (Å²) < 4.78 is 10.1. The van der Waals surface area contributed by atoms with Gasteiger partial charge in [0.15, 0.2) is 11.5 Å². The minimum Gasteiger partial charge on any atom is -0.493 e. The first-order valence-corrected chi connectivity index (χ1v) is 4.68. The van der Waals surface area contributed by atoms with Crippen molar-refractivity contribution in [2.45, 2.75) is 5.38 Å². The molecule has 4 nitrogen and oxygen atoms in total. The van der Waals surface area contributed by atoms with E-state index in [0.717, 1.165) is 0 Å². The minimum atomic E-state index is -0.773. The normalized spacial score (nSPS) is 11.9. The second kappa shape index (κ2) is 4.89. The second-order valence-corrected chi connectivity index (χ2v) is 3.34. The Labute approximate surface area is 92.9 Å². The molecule has 0 heterocycles. The van der Waals surface area contributed by atoms with E-state index in [1.807, 2.05) is 0 Å². The number of alkyl halides is 1. The van der Waals surface area contributed by atoms with Gasteiger partial charge in [-0.15, -0.1) is 11.6 Å². The number of hydrogen-bond donors (Lipinski definition) is 1. The van der Waals surface area contributed by atoms with Gasteiger partial charge < -0.3 is 20.0 Å². The first kappa shape index (κ1) is 11.7. The maximum Gasteiger partial charge on any atom is 0.162 e. The Kier molecular flexibility index (Phi) is 3.80. The Balaban J connectivity index is 3.25. The fourth-order valence-electron chi connectivity index (χ4n) is 1.22. The minimum absolute atomic E-state index is 0.403. The van der Waals surface area contributed by atoms with Crippen LogP contribution in [0.2, 0.25) is 0 Å². The Bertz CT molecular complexity index is 368. The fourth-order valence-corrected chi connectivity index (χ4v) is 1.41. The van der Waals surface area contributed by atoms with Crippen LogP contribution in [0.4, 0.5) is 5.69 Å². The summed E-state index contributed by atoms with van der Waals surface area (Å²) in [5, 5.41) is -0.773. The summed E-state index contributed by atoms with van der Waals surface area (Å²) in [6.45, 7) is 0. The van der Waals surface area contributed by atoms with Gasteiger partial charge in [0.25, 0.3) is 0 Å². The third-order valence-corrected chi connectivity index (χ3v) is 2.34. The van der Waals surface area contributed by atoms with Crippen LogP contribution in [0.15, 0.2) is 12.1 Å². The molecule has 0 saturated heterocycles. The molecule has 0 amide bonds. The molecule has 1 aromatic carbocycles. The monoisotopic (exact) mass is 229 g/mol. The first-order chi connectivity index (χ1) is 7.13.